The lowest BCUT2D eigenvalue weighted by atomic mass is 10.1. The van der Waals surface area contributed by atoms with E-state index in [0.717, 1.165) is 11.0 Å². The van der Waals surface area contributed by atoms with Crippen molar-refractivity contribution in [2.75, 3.05) is 4.90 Å². The summed E-state index contributed by atoms with van der Waals surface area (Å²) in [5, 5.41) is 11.3. The van der Waals surface area contributed by atoms with Gasteiger partial charge in [-0.05, 0) is 24.3 Å². The molecule has 21 heavy (non-hydrogen) atoms. The summed E-state index contributed by atoms with van der Waals surface area (Å²) in [6.07, 6.45) is 0. The third-order valence-corrected chi connectivity index (χ3v) is 3.40. The van der Waals surface area contributed by atoms with E-state index in [-0.39, 0.29) is 21.8 Å². The van der Waals surface area contributed by atoms with Crippen LogP contribution >= 0.6 is 11.6 Å². The summed E-state index contributed by atoms with van der Waals surface area (Å²) in [6, 6.07) is 10.1. The van der Waals surface area contributed by atoms with Crippen LogP contribution in [0.2, 0.25) is 5.02 Å². The number of carbonyl (C=O) groups excluding carboxylic acids is 2. The third kappa shape index (κ3) is 1.96. The molecule has 7 heteroatoms. The molecule has 3 rings (SSSR count). The number of rotatable bonds is 2. The molecule has 0 aromatic heterocycles. The molecule has 0 saturated carbocycles. The highest BCUT2D eigenvalue weighted by Gasteiger charge is 2.39. The fourth-order valence-electron chi connectivity index (χ4n) is 2.24. The van der Waals surface area contributed by atoms with Gasteiger partial charge in [-0.1, -0.05) is 23.7 Å². The standard InChI is InChI=1S/C14H7ClN2O4/c15-8-5-6-11(12(7-8)17(20)21)16-13(18)9-3-1-2-4-10(9)14(16)19/h1-7H. The quantitative estimate of drug-likeness (QED) is 0.485. The second-order valence-electron chi connectivity index (χ2n) is 4.38. The molecule has 0 atom stereocenters. The Balaban J connectivity index is 2.18. The van der Waals surface area contributed by atoms with E-state index >= 15 is 0 Å². The Morgan fingerprint density at radius 2 is 1.57 bits per heavy atom. The first kappa shape index (κ1) is 13.3. The molecule has 0 spiro atoms. The van der Waals surface area contributed by atoms with Gasteiger partial charge in [0.05, 0.1) is 16.1 Å². The minimum Gasteiger partial charge on any atom is -0.268 e. The molecular formula is C14H7ClN2O4. The number of nitro benzene ring substituents is 1. The largest absolute Gasteiger partial charge is 0.294 e. The van der Waals surface area contributed by atoms with Gasteiger partial charge in [0.1, 0.15) is 5.69 Å². The van der Waals surface area contributed by atoms with Gasteiger partial charge in [-0.3, -0.25) is 19.7 Å². The van der Waals surface area contributed by atoms with Crippen LogP contribution in [0.4, 0.5) is 11.4 Å². The molecule has 1 aliphatic heterocycles. The molecule has 2 amide bonds. The van der Waals surface area contributed by atoms with Gasteiger partial charge in [0.25, 0.3) is 17.5 Å². The molecule has 104 valence electrons. The van der Waals surface area contributed by atoms with Crippen LogP contribution < -0.4 is 4.90 Å². The molecule has 2 aromatic rings. The zero-order valence-corrected chi connectivity index (χ0v) is 11.2. The van der Waals surface area contributed by atoms with E-state index in [0.29, 0.717) is 0 Å². The van der Waals surface area contributed by atoms with Gasteiger partial charge >= 0.3 is 0 Å². The van der Waals surface area contributed by atoms with E-state index in [1.807, 2.05) is 0 Å². The average Bonchev–Trinajstić information content (AvgIpc) is 2.72. The van der Waals surface area contributed by atoms with Crippen LogP contribution in [0, 0.1) is 10.1 Å². The zero-order valence-electron chi connectivity index (χ0n) is 10.4. The molecule has 0 aliphatic carbocycles. The van der Waals surface area contributed by atoms with Gasteiger partial charge < -0.3 is 0 Å². The van der Waals surface area contributed by atoms with Crippen LogP contribution in [0.3, 0.4) is 0 Å². The monoisotopic (exact) mass is 302 g/mol. The van der Waals surface area contributed by atoms with Crippen molar-refractivity contribution in [1.82, 2.24) is 0 Å². The fraction of sp³-hybridized carbons (Fsp3) is 0. The summed E-state index contributed by atoms with van der Waals surface area (Å²) in [4.78, 5) is 35.9. The van der Waals surface area contributed by atoms with Gasteiger partial charge in [-0.25, -0.2) is 4.90 Å². The van der Waals surface area contributed by atoms with Crippen molar-refractivity contribution in [3.63, 3.8) is 0 Å². The molecule has 0 N–H and O–H groups in total. The highest BCUT2D eigenvalue weighted by atomic mass is 35.5. The lowest BCUT2D eigenvalue weighted by Crippen LogP contribution is -2.30. The maximum Gasteiger partial charge on any atom is 0.294 e. The summed E-state index contributed by atoms with van der Waals surface area (Å²) in [6.45, 7) is 0. The molecule has 1 heterocycles. The van der Waals surface area contributed by atoms with Crippen molar-refractivity contribution < 1.29 is 14.5 Å². The van der Waals surface area contributed by atoms with Crippen molar-refractivity contribution >= 4 is 34.8 Å². The molecular weight excluding hydrogens is 296 g/mol. The van der Waals surface area contributed by atoms with Crippen LogP contribution in [0.5, 0.6) is 0 Å². The Labute approximate surface area is 123 Å². The predicted molar refractivity (Wildman–Crippen MR) is 75.7 cm³/mol. The summed E-state index contributed by atoms with van der Waals surface area (Å²) in [5.41, 5.74) is -0.0221. The van der Waals surface area contributed by atoms with Gasteiger partial charge in [0, 0.05) is 11.1 Å². The Bertz CT molecular complexity index is 768. The smallest absolute Gasteiger partial charge is 0.268 e. The van der Waals surface area contributed by atoms with Crippen molar-refractivity contribution in [3.05, 3.63) is 68.7 Å². The summed E-state index contributed by atoms with van der Waals surface area (Å²) in [7, 11) is 0. The van der Waals surface area contributed by atoms with E-state index in [9.17, 15) is 19.7 Å². The van der Waals surface area contributed by atoms with Crippen LogP contribution in [-0.2, 0) is 0 Å². The van der Waals surface area contributed by atoms with Crippen molar-refractivity contribution in [3.8, 4) is 0 Å². The summed E-state index contributed by atoms with van der Waals surface area (Å²) >= 11 is 5.74. The number of anilines is 1. The maximum absolute atomic E-state index is 12.3. The van der Waals surface area contributed by atoms with Crippen LogP contribution in [0.15, 0.2) is 42.5 Å². The van der Waals surface area contributed by atoms with Gasteiger partial charge in [-0.15, -0.1) is 0 Å². The second-order valence-corrected chi connectivity index (χ2v) is 4.82. The lowest BCUT2D eigenvalue weighted by molar-refractivity contribution is -0.384. The number of imide groups is 1. The number of fused-ring (bicyclic) bond motifs is 1. The minimum absolute atomic E-state index is 0.0874. The first-order valence-corrected chi connectivity index (χ1v) is 6.30. The first-order valence-electron chi connectivity index (χ1n) is 5.92. The van der Waals surface area contributed by atoms with E-state index < -0.39 is 22.4 Å². The average molecular weight is 303 g/mol. The number of benzene rings is 2. The molecule has 0 fully saturated rings. The fourth-order valence-corrected chi connectivity index (χ4v) is 2.41. The van der Waals surface area contributed by atoms with Gasteiger partial charge in [0.15, 0.2) is 0 Å². The molecule has 2 aromatic carbocycles. The van der Waals surface area contributed by atoms with Gasteiger partial charge in [-0.2, -0.15) is 0 Å². The van der Waals surface area contributed by atoms with Crippen molar-refractivity contribution in [1.29, 1.82) is 0 Å². The highest BCUT2D eigenvalue weighted by Crippen LogP contribution is 2.36. The SMILES string of the molecule is O=C1c2ccccc2C(=O)N1c1ccc(Cl)cc1[N+](=O)[O-]. The van der Waals surface area contributed by atoms with Gasteiger partial charge in [0.2, 0.25) is 0 Å². The molecule has 0 radical (unpaired) electrons. The number of nitro groups is 1. The van der Waals surface area contributed by atoms with E-state index in [2.05, 4.69) is 0 Å². The molecule has 6 nitrogen and oxygen atoms in total. The maximum atomic E-state index is 12.3. The molecule has 0 bridgehead atoms. The van der Waals surface area contributed by atoms with E-state index in [1.54, 1.807) is 12.1 Å². The Morgan fingerprint density at radius 1 is 1.00 bits per heavy atom. The predicted octanol–water partition coefficient (Wildman–Crippen LogP) is 3.05. The lowest BCUT2D eigenvalue weighted by Gasteiger charge is -2.13. The van der Waals surface area contributed by atoms with Crippen LogP contribution in [0.25, 0.3) is 0 Å². The Kier molecular flexibility index (Phi) is 2.95. The van der Waals surface area contributed by atoms with Crippen LogP contribution in [-0.4, -0.2) is 16.7 Å². The topological polar surface area (TPSA) is 80.5 Å². The Morgan fingerprint density at radius 3 is 2.10 bits per heavy atom. The number of hydrogen-bond acceptors (Lipinski definition) is 4. The minimum atomic E-state index is -0.676. The van der Waals surface area contributed by atoms with E-state index in [1.165, 1.54) is 24.3 Å². The number of nitrogens with zero attached hydrogens (tertiary/aromatic N) is 2. The number of hydrogen-bond donors (Lipinski definition) is 0. The normalized spacial score (nSPS) is 13.5. The number of amides is 2. The number of carbonyl (C=O) groups is 2. The van der Waals surface area contributed by atoms with Crippen LogP contribution in [0.1, 0.15) is 20.7 Å². The summed E-state index contributed by atoms with van der Waals surface area (Å²) < 4.78 is 0. The first-order chi connectivity index (χ1) is 10.0. The molecule has 0 saturated heterocycles. The number of halogens is 1. The van der Waals surface area contributed by atoms with E-state index in [4.69, 9.17) is 11.6 Å². The Hall–Kier alpha value is -2.73. The third-order valence-electron chi connectivity index (χ3n) is 3.17. The molecule has 0 unspecified atom stereocenters. The van der Waals surface area contributed by atoms with Crippen molar-refractivity contribution in [2.24, 2.45) is 0 Å². The highest BCUT2D eigenvalue weighted by molar-refractivity contribution is 6.35. The second kappa shape index (κ2) is 4.68. The molecule has 1 aliphatic rings. The summed E-state index contributed by atoms with van der Waals surface area (Å²) in [5.74, 6) is -1.16. The zero-order chi connectivity index (χ0) is 15.1. The van der Waals surface area contributed by atoms with Crippen molar-refractivity contribution in [2.45, 2.75) is 0 Å².